The molecule has 0 radical (unpaired) electrons. The standard InChI is InChI=1S/C8H12N2OS/c1-6(2)5-12-8-9-3-7(11)4-10-8/h3-4,6,11H,5H2,1-2H3. The van der Waals surface area contributed by atoms with Crippen LogP contribution < -0.4 is 0 Å². The molecule has 0 aromatic carbocycles. The number of thioether (sulfide) groups is 1. The predicted octanol–water partition coefficient (Wildman–Crippen LogP) is 1.93. The van der Waals surface area contributed by atoms with Crippen molar-refractivity contribution in [2.75, 3.05) is 5.75 Å². The molecule has 0 amide bonds. The summed E-state index contributed by atoms with van der Waals surface area (Å²) in [5.74, 6) is 1.75. The molecule has 0 aliphatic carbocycles. The molecule has 1 rings (SSSR count). The molecule has 0 atom stereocenters. The van der Waals surface area contributed by atoms with E-state index in [2.05, 4.69) is 23.8 Å². The lowest BCUT2D eigenvalue weighted by Gasteiger charge is -2.01. The van der Waals surface area contributed by atoms with Crippen LogP contribution in [0.2, 0.25) is 0 Å². The average molecular weight is 184 g/mol. The molecule has 1 heterocycles. The third-order valence-corrected chi connectivity index (χ3v) is 2.46. The first-order valence-electron chi connectivity index (χ1n) is 3.82. The normalized spacial score (nSPS) is 10.6. The van der Waals surface area contributed by atoms with Gasteiger partial charge in [0.1, 0.15) is 0 Å². The molecule has 0 aliphatic rings. The van der Waals surface area contributed by atoms with Crippen molar-refractivity contribution in [1.82, 2.24) is 9.97 Å². The number of hydrogen-bond donors (Lipinski definition) is 1. The molecule has 0 saturated carbocycles. The van der Waals surface area contributed by atoms with Gasteiger partial charge in [0.15, 0.2) is 10.9 Å². The predicted molar refractivity (Wildman–Crippen MR) is 49.3 cm³/mol. The second-order valence-electron chi connectivity index (χ2n) is 2.93. The van der Waals surface area contributed by atoms with Crippen LogP contribution in [0.3, 0.4) is 0 Å². The van der Waals surface area contributed by atoms with Crippen molar-refractivity contribution in [2.45, 2.75) is 19.0 Å². The van der Waals surface area contributed by atoms with Gasteiger partial charge < -0.3 is 5.11 Å². The summed E-state index contributed by atoms with van der Waals surface area (Å²) in [5, 5.41) is 9.62. The van der Waals surface area contributed by atoms with Gasteiger partial charge >= 0.3 is 0 Å². The highest BCUT2D eigenvalue weighted by atomic mass is 32.2. The first-order valence-corrected chi connectivity index (χ1v) is 4.81. The summed E-state index contributed by atoms with van der Waals surface area (Å²) in [4.78, 5) is 7.90. The Balaban J connectivity index is 2.48. The highest BCUT2D eigenvalue weighted by Crippen LogP contribution is 2.16. The van der Waals surface area contributed by atoms with Gasteiger partial charge in [0, 0.05) is 5.75 Å². The van der Waals surface area contributed by atoms with Gasteiger partial charge in [-0.3, -0.25) is 0 Å². The van der Waals surface area contributed by atoms with Crippen LogP contribution in [0.25, 0.3) is 0 Å². The van der Waals surface area contributed by atoms with Crippen molar-refractivity contribution >= 4 is 11.8 Å². The summed E-state index contributed by atoms with van der Waals surface area (Å²) < 4.78 is 0. The number of nitrogens with zero attached hydrogens (tertiary/aromatic N) is 2. The van der Waals surface area contributed by atoms with E-state index in [4.69, 9.17) is 5.11 Å². The Morgan fingerprint density at radius 1 is 1.42 bits per heavy atom. The van der Waals surface area contributed by atoms with E-state index < -0.39 is 0 Å². The van der Waals surface area contributed by atoms with Gasteiger partial charge in [0.2, 0.25) is 0 Å². The fourth-order valence-electron chi connectivity index (χ4n) is 0.625. The molecule has 0 fully saturated rings. The smallest absolute Gasteiger partial charge is 0.187 e. The lowest BCUT2D eigenvalue weighted by atomic mass is 10.3. The fourth-order valence-corrected chi connectivity index (χ4v) is 1.36. The molecule has 1 N–H and O–H groups in total. The topological polar surface area (TPSA) is 46.0 Å². The van der Waals surface area contributed by atoms with E-state index in [0.29, 0.717) is 5.92 Å². The van der Waals surface area contributed by atoms with E-state index in [1.165, 1.54) is 12.4 Å². The molecule has 3 nitrogen and oxygen atoms in total. The summed E-state index contributed by atoms with van der Waals surface area (Å²) in [7, 11) is 0. The van der Waals surface area contributed by atoms with E-state index in [1.54, 1.807) is 11.8 Å². The maximum atomic E-state index is 8.90. The number of hydrogen-bond acceptors (Lipinski definition) is 4. The van der Waals surface area contributed by atoms with Crippen LogP contribution in [0.15, 0.2) is 17.6 Å². The van der Waals surface area contributed by atoms with Crippen LogP contribution in [-0.2, 0) is 0 Å². The first-order chi connectivity index (χ1) is 5.68. The lowest BCUT2D eigenvalue weighted by Crippen LogP contribution is -1.92. The summed E-state index contributed by atoms with van der Waals surface area (Å²) in [6.45, 7) is 4.29. The zero-order chi connectivity index (χ0) is 8.97. The zero-order valence-electron chi connectivity index (χ0n) is 7.19. The van der Waals surface area contributed by atoms with Gasteiger partial charge in [0.05, 0.1) is 12.4 Å². The Morgan fingerprint density at radius 2 is 2.00 bits per heavy atom. The molecule has 1 aromatic rings. The molecule has 0 saturated heterocycles. The maximum absolute atomic E-state index is 8.90. The Bertz CT molecular complexity index is 235. The average Bonchev–Trinajstić information content (AvgIpc) is 2.03. The van der Waals surface area contributed by atoms with Crippen LogP contribution in [0.1, 0.15) is 13.8 Å². The maximum Gasteiger partial charge on any atom is 0.187 e. The molecule has 0 unspecified atom stereocenters. The lowest BCUT2D eigenvalue weighted by molar-refractivity contribution is 0.467. The number of aromatic nitrogens is 2. The van der Waals surface area contributed by atoms with Crippen molar-refractivity contribution in [1.29, 1.82) is 0 Å². The molecular weight excluding hydrogens is 172 g/mol. The third kappa shape index (κ3) is 3.09. The Hall–Kier alpha value is -0.770. The molecule has 0 aliphatic heterocycles. The van der Waals surface area contributed by atoms with E-state index in [9.17, 15) is 0 Å². The second-order valence-corrected chi connectivity index (χ2v) is 3.92. The third-order valence-electron chi connectivity index (χ3n) is 1.16. The molecule has 66 valence electrons. The Morgan fingerprint density at radius 3 is 2.50 bits per heavy atom. The van der Waals surface area contributed by atoms with Gasteiger partial charge in [-0.2, -0.15) is 0 Å². The van der Waals surface area contributed by atoms with Crippen LogP contribution in [-0.4, -0.2) is 20.8 Å². The van der Waals surface area contributed by atoms with Gasteiger partial charge in [0.25, 0.3) is 0 Å². The minimum atomic E-state index is 0.115. The molecule has 1 aromatic heterocycles. The van der Waals surface area contributed by atoms with E-state index in [-0.39, 0.29) is 5.75 Å². The quantitative estimate of drug-likeness (QED) is 0.576. The van der Waals surface area contributed by atoms with E-state index >= 15 is 0 Å². The minimum Gasteiger partial charge on any atom is -0.505 e. The van der Waals surface area contributed by atoms with E-state index in [1.807, 2.05) is 0 Å². The van der Waals surface area contributed by atoms with Crippen LogP contribution in [0, 0.1) is 5.92 Å². The van der Waals surface area contributed by atoms with Crippen LogP contribution >= 0.6 is 11.8 Å². The van der Waals surface area contributed by atoms with Crippen molar-refractivity contribution in [3.05, 3.63) is 12.4 Å². The zero-order valence-corrected chi connectivity index (χ0v) is 8.01. The molecule has 12 heavy (non-hydrogen) atoms. The largest absolute Gasteiger partial charge is 0.505 e. The molecule has 0 bridgehead atoms. The minimum absolute atomic E-state index is 0.115. The fraction of sp³-hybridized carbons (Fsp3) is 0.500. The SMILES string of the molecule is CC(C)CSc1ncc(O)cn1. The van der Waals surface area contributed by atoms with Gasteiger partial charge in [-0.15, -0.1) is 0 Å². The van der Waals surface area contributed by atoms with Crippen molar-refractivity contribution in [3.63, 3.8) is 0 Å². The summed E-state index contributed by atoms with van der Waals surface area (Å²) in [6, 6.07) is 0. The van der Waals surface area contributed by atoms with E-state index in [0.717, 1.165) is 10.9 Å². The first kappa shape index (κ1) is 9.32. The van der Waals surface area contributed by atoms with Crippen molar-refractivity contribution in [2.24, 2.45) is 5.92 Å². The Labute approximate surface area is 76.2 Å². The highest BCUT2D eigenvalue weighted by Gasteiger charge is 1.99. The monoisotopic (exact) mass is 184 g/mol. The van der Waals surface area contributed by atoms with Crippen molar-refractivity contribution < 1.29 is 5.11 Å². The molecule has 4 heteroatoms. The van der Waals surface area contributed by atoms with Gasteiger partial charge in [-0.05, 0) is 5.92 Å². The Kier molecular flexibility index (Phi) is 3.34. The van der Waals surface area contributed by atoms with Crippen LogP contribution in [0.4, 0.5) is 0 Å². The summed E-state index contributed by atoms with van der Waals surface area (Å²) in [5.41, 5.74) is 0. The van der Waals surface area contributed by atoms with Crippen LogP contribution in [0.5, 0.6) is 5.75 Å². The summed E-state index contributed by atoms with van der Waals surface area (Å²) in [6.07, 6.45) is 2.82. The molecule has 0 spiro atoms. The highest BCUT2D eigenvalue weighted by molar-refractivity contribution is 7.99. The molecular formula is C8H12N2OS. The summed E-state index contributed by atoms with van der Waals surface area (Å²) >= 11 is 1.60. The van der Waals surface area contributed by atoms with Gasteiger partial charge in [-0.25, -0.2) is 9.97 Å². The number of aromatic hydroxyl groups is 1. The second kappa shape index (κ2) is 4.30. The number of rotatable bonds is 3. The van der Waals surface area contributed by atoms with Gasteiger partial charge in [-0.1, -0.05) is 25.6 Å². The van der Waals surface area contributed by atoms with Crippen molar-refractivity contribution in [3.8, 4) is 5.75 Å².